The Hall–Kier alpha value is -2.59. The third-order valence-electron chi connectivity index (χ3n) is 3.57. The molecule has 4 nitrogen and oxygen atoms in total. The van der Waals surface area contributed by atoms with E-state index in [1.54, 1.807) is 0 Å². The molecule has 0 atom stereocenters. The van der Waals surface area contributed by atoms with E-state index >= 15 is 0 Å². The second-order valence-electron chi connectivity index (χ2n) is 5.45. The van der Waals surface area contributed by atoms with Crippen molar-refractivity contribution in [2.75, 3.05) is 17.2 Å². The molecule has 0 spiro atoms. The topological polar surface area (TPSA) is 49.8 Å². The molecule has 24 heavy (non-hydrogen) atoms. The number of aromatic nitrogens is 2. The number of hydrogen-bond acceptors (Lipinski definition) is 4. The number of nitrogens with zero attached hydrogens (tertiary/aromatic N) is 2. The second-order valence-corrected chi connectivity index (χ2v) is 5.85. The van der Waals surface area contributed by atoms with E-state index in [4.69, 9.17) is 11.6 Å². The quantitative estimate of drug-likeness (QED) is 0.664. The van der Waals surface area contributed by atoms with Crippen molar-refractivity contribution < 1.29 is 0 Å². The number of benzene rings is 2. The molecule has 0 radical (unpaired) electrons. The zero-order valence-corrected chi connectivity index (χ0v) is 14.4. The highest BCUT2D eigenvalue weighted by Gasteiger charge is 2.07. The van der Waals surface area contributed by atoms with Gasteiger partial charge < -0.3 is 10.6 Å². The minimum atomic E-state index is 0.597. The molecule has 2 N–H and O–H groups in total. The van der Waals surface area contributed by atoms with E-state index in [1.807, 2.05) is 68.4 Å². The van der Waals surface area contributed by atoms with Gasteiger partial charge in [-0.05, 0) is 31.5 Å². The van der Waals surface area contributed by atoms with Crippen molar-refractivity contribution in [1.82, 2.24) is 9.97 Å². The van der Waals surface area contributed by atoms with Crippen molar-refractivity contribution in [1.29, 1.82) is 0 Å². The Morgan fingerprint density at radius 3 is 2.50 bits per heavy atom. The fraction of sp³-hybridized carbons (Fsp3) is 0.158. The summed E-state index contributed by atoms with van der Waals surface area (Å²) in [6.07, 6.45) is 0. The van der Waals surface area contributed by atoms with Crippen LogP contribution in [-0.4, -0.2) is 16.5 Å². The van der Waals surface area contributed by atoms with Gasteiger partial charge >= 0.3 is 0 Å². The fourth-order valence-electron chi connectivity index (χ4n) is 2.32. The lowest BCUT2D eigenvalue weighted by atomic mass is 10.1. The van der Waals surface area contributed by atoms with Gasteiger partial charge in [-0.25, -0.2) is 4.98 Å². The molecule has 0 aliphatic rings. The van der Waals surface area contributed by atoms with Crippen LogP contribution in [0.5, 0.6) is 0 Å². The SMILES string of the molecule is CCNc1nc(Nc2ccc(C)c(Cl)c2)cc(-c2ccccc2)n1. The maximum Gasteiger partial charge on any atom is 0.225 e. The van der Waals surface area contributed by atoms with Crippen LogP contribution in [0.2, 0.25) is 5.02 Å². The van der Waals surface area contributed by atoms with Crippen molar-refractivity contribution in [2.45, 2.75) is 13.8 Å². The second kappa shape index (κ2) is 7.32. The molecule has 0 saturated heterocycles. The molecule has 0 bridgehead atoms. The smallest absolute Gasteiger partial charge is 0.225 e. The molecule has 0 amide bonds. The largest absolute Gasteiger partial charge is 0.354 e. The zero-order chi connectivity index (χ0) is 16.9. The van der Waals surface area contributed by atoms with E-state index in [1.165, 1.54) is 0 Å². The molecular weight excluding hydrogens is 320 g/mol. The summed E-state index contributed by atoms with van der Waals surface area (Å²) in [7, 11) is 0. The highest BCUT2D eigenvalue weighted by molar-refractivity contribution is 6.31. The van der Waals surface area contributed by atoms with Gasteiger partial charge in [0.05, 0.1) is 5.69 Å². The molecule has 3 rings (SSSR count). The minimum absolute atomic E-state index is 0.597. The first-order valence-electron chi connectivity index (χ1n) is 7.87. The third-order valence-corrected chi connectivity index (χ3v) is 3.98. The van der Waals surface area contributed by atoms with Gasteiger partial charge in [0.2, 0.25) is 5.95 Å². The number of rotatable bonds is 5. The van der Waals surface area contributed by atoms with Crippen molar-refractivity contribution in [3.8, 4) is 11.3 Å². The molecule has 0 aliphatic heterocycles. The van der Waals surface area contributed by atoms with E-state index in [2.05, 4.69) is 20.6 Å². The molecule has 1 aromatic heterocycles. The van der Waals surface area contributed by atoms with Gasteiger partial charge in [-0.15, -0.1) is 0 Å². The van der Waals surface area contributed by atoms with Crippen molar-refractivity contribution in [3.05, 3.63) is 65.2 Å². The molecule has 0 saturated carbocycles. The van der Waals surface area contributed by atoms with Gasteiger partial charge in [-0.3, -0.25) is 0 Å². The standard InChI is InChI=1S/C19H19ClN4/c1-3-21-19-23-17(14-7-5-4-6-8-14)12-18(24-19)22-15-10-9-13(2)16(20)11-15/h4-12H,3H2,1-2H3,(H2,21,22,23,24). The first-order chi connectivity index (χ1) is 11.7. The molecule has 122 valence electrons. The molecule has 0 unspecified atom stereocenters. The lowest BCUT2D eigenvalue weighted by Crippen LogP contribution is -2.05. The van der Waals surface area contributed by atoms with E-state index in [-0.39, 0.29) is 0 Å². The van der Waals surface area contributed by atoms with Crippen LogP contribution in [0.25, 0.3) is 11.3 Å². The minimum Gasteiger partial charge on any atom is -0.354 e. The third kappa shape index (κ3) is 3.84. The molecule has 2 aromatic carbocycles. The zero-order valence-electron chi connectivity index (χ0n) is 13.7. The average Bonchev–Trinajstić information content (AvgIpc) is 2.59. The van der Waals surface area contributed by atoms with Crippen molar-refractivity contribution in [2.24, 2.45) is 0 Å². The summed E-state index contributed by atoms with van der Waals surface area (Å²) in [5.41, 5.74) is 3.85. The Morgan fingerprint density at radius 1 is 1.00 bits per heavy atom. The van der Waals surface area contributed by atoms with Gasteiger partial charge in [0.1, 0.15) is 5.82 Å². The maximum absolute atomic E-state index is 6.20. The summed E-state index contributed by atoms with van der Waals surface area (Å²) in [5, 5.41) is 7.21. The summed E-state index contributed by atoms with van der Waals surface area (Å²) in [4.78, 5) is 9.10. The number of halogens is 1. The Morgan fingerprint density at radius 2 is 1.79 bits per heavy atom. The van der Waals surface area contributed by atoms with E-state index < -0.39 is 0 Å². The molecule has 3 aromatic rings. The van der Waals surface area contributed by atoms with Crippen LogP contribution < -0.4 is 10.6 Å². The average molecular weight is 339 g/mol. The maximum atomic E-state index is 6.20. The van der Waals surface area contributed by atoms with E-state index in [0.29, 0.717) is 5.95 Å². The summed E-state index contributed by atoms with van der Waals surface area (Å²) < 4.78 is 0. The molecular formula is C19H19ClN4. The van der Waals surface area contributed by atoms with Gasteiger partial charge in [0.25, 0.3) is 0 Å². The summed E-state index contributed by atoms with van der Waals surface area (Å²) >= 11 is 6.20. The fourth-order valence-corrected chi connectivity index (χ4v) is 2.50. The van der Waals surface area contributed by atoms with Crippen LogP contribution in [-0.2, 0) is 0 Å². The summed E-state index contributed by atoms with van der Waals surface area (Å²) in [6, 6.07) is 17.8. The number of anilines is 3. The van der Waals surface area contributed by atoms with Gasteiger partial charge in [0.15, 0.2) is 0 Å². The van der Waals surface area contributed by atoms with Crippen molar-refractivity contribution in [3.63, 3.8) is 0 Å². The molecule has 1 heterocycles. The Labute approximate surface area is 146 Å². The van der Waals surface area contributed by atoms with E-state index in [0.717, 1.165) is 39.9 Å². The molecule has 0 fully saturated rings. The van der Waals surface area contributed by atoms with Crippen LogP contribution in [0.15, 0.2) is 54.6 Å². The lowest BCUT2D eigenvalue weighted by molar-refractivity contribution is 1.09. The predicted molar refractivity (Wildman–Crippen MR) is 101 cm³/mol. The van der Waals surface area contributed by atoms with Crippen LogP contribution in [0.1, 0.15) is 12.5 Å². The molecule has 0 aliphatic carbocycles. The number of aryl methyl sites for hydroxylation is 1. The van der Waals surface area contributed by atoms with Gasteiger partial charge in [-0.2, -0.15) is 4.98 Å². The number of nitrogens with one attached hydrogen (secondary N) is 2. The Kier molecular flexibility index (Phi) is 4.96. The molecule has 5 heteroatoms. The van der Waals surface area contributed by atoms with Crippen molar-refractivity contribution >= 4 is 29.1 Å². The predicted octanol–water partition coefficient (Wildman–Crippen LogP) is 5.28. The Balaban J connectivity index is 1.97. The highest BCUT2D eigenvalue weighted by Crippen LogP contribution is 2.26. The number of hydrogen-bond donors (Lipinski definition) is 2. The van der Waals surface area contributed by atoms with Gasteiger partial charge in [0, 0.05) is 28.9 Å². The van der Waals surface area contributed by atoms with Crippen LogP contribution in [0.3, 0.4) is 0 Å². The highest BCUT2D eigenvalue weighted by atomic mass is 35.5. The normalized spacial score (nSPS) is 10.5. The van der Waals surface area contributed by atoms with E-state index in [9.17, 15) is 0 Å². The monoisotopic (exact) mass is 338 g/mol. The first kappa shape index (κ1) is 16.3. The first-order valence-corrected chi connectivity index (χ1v) is 8.25. The Bertz CT molecular complexity index is 834. The van der Waals surface area contributed by atoms with Gasteiger partial charge in [-0.1, -0.05) is 48.0 Å². The van der Waals surface area contributed by atoms with Crippen LogP contribution >= 0.6 is 11.6 Å². The van der Waals surface area contributed by atoms with Crippen LogP contribution in [0.4, 0.5) is 17.5 Å². The lowest BCUT2D eigenvalue weighted by Gasteiger charge is -2.11. The van der Waals surface area contributed by atoms with Crippen LogP contribution in [0, 0.1) is 6.92 Å². The summed E-state index contributed by atoms with van der Waals surface area (Å²) in [5.74, 6) is 1.32. The summed E-state index contributed by atoms with van der Waals surface area (Å²) in [6.45, 7) is 4.76.